The van der Waals surface area contributed by atoms with Gasteiger partial charge in [0.1, 0.15) is 0 Å². The standard InChI is InChI=1S/C13H24ClN/c1-11(14)13-6-8-15(9-7-13)10-12-4-2-3-5-12/h11-13H,2-10H2,1H3. The summed E-state index contributed by atoms with van der Waals surface area (Å²) in [5, 5.41) is 0.374. The summed E-state index contributed by atoms with van der Waals surface area (Å²) in [5.41, 5.74) is 0. The maximum Gasteiger partial charge on any atom is 0.0337 e. The van der Waals surface area contributed by atoms with Crippen molar-refractivity contribution in [2.45, 2.75) is 50.8 Å². The van der Waals surface area contributed by atoms with Crippen LogP contribution in [0.25, 0.3) is 0 Å². The third-order valence-corrected chi connectivity index (χ3v) is 4.63. The van der Waals surface area contributed by atoms with Crippen molar-refractivity contribution >= 4 is 11.6 Å². The molecule has 1 heterocycles. The monoisotopic (exact) mass is 229 g/mol. The molecule has 2 heteroatoms. The smallest absolute Gasteiger partial charge is 0.0337 e. The summed E-state index contributed by atoms with van der Waals surface area (Å²) in [4.78, 5) is 2.67. The first kappa shape index (κ1) is 11.7. The van der Waals surface area contributed by atoms with Gasteiger partial charge in [-0.3, -0.25) is 0 Å². The van der Waals surface area contributed by atoms with E-state index in [4.69, 9.17) is 11.6 Å². The van der Waals surface area contributed by atoms with Gasteiger partial charge in [-0.1, -0.05) is 12.8 Å². The summed E-state index contributed by atoms with van der Waals surface area (Å²) in [7, 11) is 0. The zero-order chi connectivity index (χ0) is 10.7. The topological polar surface area (TPSA) is 3.24 Å². The second-order valence-corrected chi connectivity index (χ2v) is 6.15. The second-order valence-electron chi connectivity index (χ2n) is 5.47. The molecule has 88 valence electrons. The summed E-state index contributed by atoms with van der Waals surface area (Å²) < 4.78 is 0. The molecule has 0 aromatic carbocycles. The molecule has 0 spiro atoms. The molecule has 2 fully saturated rings. The number of halogens is 1. The van der Waals surface area contributed by atoms with Gasteiger partial charge in [-0.25, -0.2) is 0 Å². The van der Waals surface area contributed by atoms with Gasteiger partial charge in [-0.2, -0.15) is 0 Å². The predicted molar refractivity (Wildman–Crippen MR) is 66.4 cm³/mol. The van der Waals surface area contributed by atoms with Gasteiger partial charge in [-0.15, -0.1) is 11.6 Å². The van der Waals surface area contributed by atoms with E-state index in [0.717, 1.165) is 11.8 Å². The summed E-state index contributed by atoms with van der Waals surface area (Å²) in [6.45, 7) is 6.10. The quantitative estimate of drug-likeness (QED) is 0.670. The molecule has 0 radical (unpaired) electrons. The lowest BCUT2D eigenvalue weighted by Gasteiger charge is -2.34. The lowest BCUT2D eigenvalue weighted by Crippen LogP contribution is -2.38. The average molecular weight is 230 g/mol. The fourth-order valence-electron chi connectivity index (χ4n) is 3.15. The highest BCUT2D eigenvalue weighted by atomic mass is 35.5. The van der Waals surface area contributed by atoms with Crippen LogP contribution in [0.4, 0.5) is 0 Å². The highest BCUT2D eigenvalue weighted by molar-refractivity contribution is 6.20. The molecule has 0 N–H and O–H groups in total. The first-order valence-corrected chi connectivity index (χ1v) is 7.06. The van der Waals surface area contributed by atoms with Crippen LogP contribution < -0.4 is 0 Å². The summed E-state index contributed by atoms with van der Waals surface area (Å²) in [5.74, 6) is 1.78. The van der Waals surface area contributed by atoms with E-state index in [1.807, 2.05) is 0 Å². The maximum absolute atomic E-state index is 6.16. The number of nitrogens with zero attached hydrogens (tertiary/aromatic N) is 1. The third-order valence-electron chi connectivity index (χ3n) is 4.27. The van der Waals surface area contributed by atoms with Crippen molar-refractivity contribution in [3.63, 3.8) is 0 Å². The van der Waals surface area contributed by atoms with E-state index in [0.29, 0.717) is 5.38 Å². The Morgan fingerprint density at radius 3 is 2.27 bits per heavy atom. The Hall–Kier alpha value is 0.250. The van der Waals surface area contributed by atoms with Gasteiger partial charge in [0.05, 0.1) is 0 Å². The van der Waals surface area contributed by atoms with Gasteiger partial charge in [0.2, 0.25) is 0 Å². The van der Waals surface area contributed by atoms with E-state index in [1.165, 1.54) is 58.2 Å². The fourth-order valence-corrected chi connectivity index (χ4v) is 3.40. The van der Waals surface area contributed by atoms with Crippen LogP contribution >= 0.6 is 11.6 Å². The molecule has 1 unspecified atom stereocenters. The Balaban J connectivity index is 1.68. The maximum atomic E-state index is 6.16. The Bertz CT molecular complexity index is 179. The minimum atomic E-state index is 0.374. The van der Waals surface area contributed by atoms with Crippen molar-refractivity contribution < 1.29 is 0 Å². The Labute approximate surface area is 99.2 Å². The van der Waals surface area contributed by atoms with Crippen LogP contribution in [0.2, 0.25) is 0 Å². The first-order valence-electron chi connectivity index (χ1n) is 6.62. The van der Waals surface area contributed by atoms with Crippen molar-refractivity contribution in [1.82, 2.24) is 4.90 Å². The molecule has 1 saturated heterocycles. The molecule has 1 aliphatic carbocycles. The molecule has 1 atom stereocenters. The molecular formula is C13H24ClN. The van der Waals surface area contributed by atoms with Crippen molar-refractivity contribution in [2.75, 3.05) is 19.6 Å². The second kappa shape index (κ2) is 5.54. The third kappa shape index (κ3) is 3.35. The zero-order valence-corrected chi connectivity index (χ0v) is 10.7. The minimum Gasteiger partial charge on any atom is -0.303 e. The summed E-state index contributed by atoms with van der Waals surface area (Å²) in [6, 6.07) is 0. The lowest BCUT2D eigenvalue weighted by atomic mass is 9.93. The Kier molecular flexibility index (Phi) is 4.33. The minimum absolute atomic E-state index is 0.374. The summed E-state index contributed by atoms with van der Waals surface area (Å²) >= 11 is 6.16. The van der Waals surface area contributed by atoms with E-state index in [9.17, 15) is 0 Å². The van der Waals surface area contributed by atoms with Crippen LogP contribution in [0, 0.1) is 11.8 Å². The number of hydrogen-bond acceptors (Lipinski definition) is 1. The molecular weight excluding hydrogens is 206 g/mol. The van der Waals surface area contributed by atoms with Crippen LogP contribution in [0.15, 0.2) is 0 Å². The number of piperidine rings is 1. The van der Waals surface area contributed by atoms with Crippen LogP contribution in [-0.4, -0.2) is 29.9 Å². The summed E-state index contributed by atoms with van der Waals surface area (Å²) in [6.07, 6.45) is 8.53. The molecule has 15 heavy (non-hydrogen) atoms. The molecule has 0 bridgehead atoms. The number of rotatable bonds is 3. The van der Waals surface area contributed by atoms with Crippen molar-refractivity contribution in [3.8, 4) is 0 Å². The normalized spacial score (nSPS) is 28.4. The fraction of sp³-hybridized carbons (Fsp3) is 1.00. The van der Waals surface area contributed by atoms with E-state index >= 15 is 0 Å². The zero-order valence-electron chi connectivity index (χ0n) is 9.92. The van der Waals surface area contributed by atoms with Crippen LogP contribution in [0.1, 0.15) is 45.4 Å². The van der Waals surface area contributed by atoms with Crippen LogP contribution in [0.5, 0.6) is 0 Å². The molecule has 1 saturated carbocycles. The highest BCUT2D eigenvalue weighted by Gasteiger charge is 2.25. The van der Waals surface area contributed by atoms with Crippen LogP contribution in [0.3, 0.4) is 0 Å². The Morgan fingerprint density at radius 2 is 1.73 bits per heavy atom. The van der Waals surface area contributed by atoms with Crippen molar-refractivity contribution in [3.05, 3.63) is 0 Å². The number of likely N-dealkylation sites (tertiary alicyclic amines) is 1. The first-order chi connectivity index (χ1) is 7.25. The van der Waals surface area contributed by atoms with Crippen LogP contribution in [-0.2, 0) is 0 Å². The molecule has 0 aromatic rings. The molecule has 1 aliphatic heterocycles. The molecule has 1 nitrogen and oxygen atoms in total. The van der Waals surface area contributed by atoms with E-state index in [2.05, 4.69) is 11.8 Å². The van der Waals surface area contributed by atoms with E-state index in [-0.39, 0.29) is 0 Å². The SMILES string of the molecule is CC(Cl)C1CCN(CC2CCCC2)CC1. The van der Waals surface area contributed by atoms with E-state index in [1.54, 1.807) is 0 Å². The highest BCUT2D eigenvalue weighted by Crippen LogP contribution is 2.28. The van der Waals surface area contributed by atoms with Gasteiger partial charge in [0.15, 0.2) is 0 Å². The largest absolute Gasteiger partial charge is 0.303 e. The molecule has 2 rings (SSSR count). The molecule has 0 aromatic heterocycles. The van der Waals surface area contributed by atoms with Gasteiger partial charge in [0.25, 0.3) is 0 Å². The van der Waals surface area contributed by atoms with Gasteiger partial charge in [0, 0.05) is 11.9 Å². The molecule has 2 aliphatic rings. The average Bonchev–Trinajstić information content (AvgIpc) is 2.71. The van der Waals surface area contributed by atoms with Gasteiger partial charge in [-0.05, 0) is 57.5 Å². The van der Waals surface area contributed by atoms with Crippen molar-refractivity contribution in [2.24, 2.45) is 11.8 Å². The Morgan fingerprint density at radius 1 is 1.13 bits per heavy atom. The van der Waals surface area contributed by atoms with Gasteiger partial charge < -0.3 is 4.90 Å². The van der Waals surface area contributed by atoms with E-state index < -0.39 is 0 Å². The predicted octanol–water partition coefficient (Wildman–Crippen LogP) is 3.52. The molecule has 0 amide bonds. The van der Waals surface area contributed by atoms with Crippen molar-refractivity contribution in [1.29, 1.82) is 0 Å². The lowest BCUT2D eigenvalue weighted by molar-refractivity contribution is 0.160. The number of hydrogen-bond donors (Lipinski definition) is 0. The van der Waals surface area contributed by atoms with Gasteiger partial charge >= 0.3 is 0 Å². The number of alkyl halides is 1.